The van der Waals surface area contributed by atoms with Gasteiger partial charge in [0.1, 0.15) is 17.8 Å². The molecule has 0 aliphatic carbocycles. The molecule has 36 heavy (non-hydrogen) atoms. The van der Waals surface area contributed by atoms with E-state index in [-0.39, 0.29) is 17.2 Å². The maximum Gasteiger partial charge on any atom is 0.261 e. The summed E-state index contributed by atoms with van der Waals surface area (Å²) in [6.07, 6.45) is 2.57. The zero-order chi connectivity index (χ0) is 26.0. The quantitative estimate of drug-likeness (QED) is 0.250. The minimum absolute atomic E-state index is 0.153. The first-order valence-corrected chi connectivity index (χ1v) is 15.0. The Morgan fingerprint density at radius 1 is 0.944 bits per heavy atom. The van der Waals surface area contributed by atoms with E-state index in [1.54, 1.807) is 0 Å². The largest absolute Gasteiger partial charge is 0.404 e. The van der Waals surface area contributed by atoms with Gasteiger partial charge >= 0.3 is 0 Å². The van der Waals surface area contributed by atoms with E-state index in [9.17, 15) is 0 Å². The van der Waals surface area contributed by atoms with Crippen LogP contribution in [0.5, 0.6) is 0 Å². The molecule has 2 aliphatic heterocycles. The average molecular weight is 511 g/mol. The molecule has 2 saturated heterocycles. The van der Waals surface area contributed by atoms with E-state index in [0.717, 1.165) is 12.8 Å². The first kappa shape index (κ1) is 27.2. The van der Waals surface area contributed by atoms with Crippen LogP contribution in [0.1, 0.15) is 54.4 Å². The van der Waals surface area contributed by atoms with Gasteiger partial charge in [-0.25, -0.2) is 0 Å². The van der Waals surface area contributed by atoms with Crippen molar-refractivity contribution < 1.29 is 23.4 Å². The molecule has 4 unspecified atom stereocenters. The van der Waals surface area contributed by atoms with Crippen molar-refractivity contribution in [3.8, 4) is 0 Å². The Hall–Kier alpha value is -1.80. The van der Waals surface area contributed by atoms with Crippen LogP contribution in [0.15, 0.2) is 73.3 Å². The van der Waals surface area contributed by atoms with Crippen LogP contribution in [0.3, 0.4) is 0 Å². The summed E-state index contributed by atoms with van der Waals surface area (Å²) in [7, 11) is -2.78. The molecule has 2 aliphatic rings. The number of ether oxygens (including phenoxy) is 4. The number of rotatable bonds is 10. The molecule has 196 valence electrons. The van der Waals surface area contributed by atoms with Gasteiger partial charge in [-0.15, -0.1) is 6.58 Å². The molecule has 0 N–H and O–H groups in total. The van der Waals surface area contributed by atoms with E-state index in [4.69, 9.17) is 23.4 Å². The minimum Gasteiger partial charge on any atom is -0.404 e. The summed E-state index contributed by atoms with van der Waals surface area (Å²) in [5.74, 6) is -0.728. The lowest BCUT2D eigenvalue weighted by Gasteiger charge is -2.45. The van der Waals surface area contributed by atoms with Gasteiger partial charge in [-0.2, -0.15) is 0 Å². The van der Waals surface area contributed by atoms with E-state index in [2.05, 4.69) is 94.9 Å². The van der Waals surface area contributed by atoms with Crippen LogP contribution in [-0.2, 0) is 23.4 Å². The predicted molar refractivity (Wildman–Crippen MR) is 146 cm³/mol. The Kier molecular flexibility index (Phi) is 7.96. The second kappa shape index (κ2) is 10.5. The summed E-state index contributed by atoms with van der Waals surface area (Å²) < 4.78 is 32.7. The van der Waals surface area contributed by atoms with Gasteiger partial charge in [0.15, 0.2) is 12.1 Å². The van der Waals surface area contributed by atoms with Crippen molar-refractivity contribution >= 4 is 18.7 Å². The van der Waals surface area contributed by atoms with E-state index in [0.29, 0.717) is 13.2 Å². The van der Waals surface area contributed by atoms with E-state index in [1.165, 1.54) is 10.4 Å². The SMILES string of the molecule is C=CC1(CO[Si](c2ccccc2)(c2ccccc2)C(C)(C)C)OC2OC(C)(C)OC2C1OCCCC. The second-order valence-electron chi connectivity index (χ2n) is 11.3. The van der Waals surface area contributed by atoms with Gasteiger partial charge in [0.2, 0.25) is 0 Å². The first-order valence-electron chi connectivity index (χ1n) is 13.1. The fraction of sp³-hybridized carbons (Fsp3) is 0.533. The fourth-order valence-electron chi connectivity index (χ4n) is 5.53. The van der Waals surface area contributed by atoms with Crippen LogP contribution in [0.4, 0.5) is 0 Å². The van der Waals surface area contributed by atoms with Gasteiger partial charge in [0.05, 0.1) is 6.61 Å². The molecule has 6 heteroatoms. The lowest BCUT2D eigenvalue weighted by atomic mass is 9.96. The highest BCUT2D eigenvalue weighted by Gasteiger charge is 2.63. The third-order valence-corrected chi connectivity index (χ3v) is 12.3. The molecule has 0 amide bonds. The van der Waals surface area contributed by atoms with Crippen molar-refractivity contribution in [3.05, 3.63) is 73.3 Å². The molecule has 0 saturated carbocycles. The molecule has 5 nitrogen and oxygen atoms in total. The summed E-state index contributed by atoms with van der Waals surface area (Å²) in [6, 6.07) is 21.2. The number of hydrogen-bond acceptors (Lipinski definition) is 5. The normalized spacial score (nSPS) is 27.7. The lowest BCUT2D eigenvalue weighted by Crippen LogP contribution is -2.68. The topological polar surface area (TPSA) is 46.2 Å². The monoisotopic (exact) mass is 510 g/mol. The molecule has 0 aromatic heterocycles. The third kappa shape index (κ3) is 5.00. The van der Waals surface area contributed by atoms with E-state index < -0.39 is 26.0 Å². The van der Waals surface area contributed by atoms with Gasteiger partial charge in [-0.1, -0.05) is 101 Å². The zero-order valence-electron chi connectivity index (χ0n) is 22.7. The average Bonchev–Trinajstić information content (AvgIpc) is 3.29. The standard InChI is InChI=1S/C30H42O5Si/c1-8-10-21-31-26-25-27(34-29(6,7)33-25)35-30(26,9-2)22-32-36(28(3,4)5,23-17-13-11-14-18-23)24-19-15-12-16-20-24/h9,11-20,25-27H,2,8,10,21-22H2,1,3-7H3. The van der Waals surface area contributed by atoms with E-state index >= 15 is 0 Å². The smallest absolute Gasteiger partial charge is 0.261 e. The van der Waals surface area contributed by atoms with Crippen molar-refractivity contribution in [2.24, 2.45) is 0 Å². The van der Waals surface area contributed by atoms with Crippen LogP contribution in [0.2, 0.25) is 5.04 Å². The third-order valence-electron chi connectivity index (χ3n) is 7.28. The van der Waals surface area contributed by atoms with Gasteiger partial charge in [0, 0.05) is 6.61 Å². The van der Waals surface area contributed by atoms with Crippen LogP contribution in [-0.4, -0.2) is 51.4 Å². The Morgan fingerprint density at radius 2 is 1.53 bits per heavy atom. The molecule has 0 radical (unpaired) electrons. The summed E-state index contributed by atoms with van der Waals surface area (Å²) in [4.78, 5) is 0. The highest BCUT2D eigenvalue weighted by atomic mass is 28.4. The second-order valence-corrected chi connectivity index (χ2v) is 15.6. The van der Waals surface area contributed by atoms with Crippen molar-refractivity contribution in [1.82, 2.24) is 0 Å². The van der Waals surface area contributed by atoms with Gasteiger partial charge in [-0.3, -0.25) is 0 Å². The van der Waals surface area contributed by atoms with Gasteiger partial charge in [-0.05, 0) is 35.7 Å². The van der Waals surface area contributed by atoms with Crippen LogP contribution in [0.25, 0.3) is 0 Å². The molecule has 2 fully saturated rings. The zero-order valence-corrected chi connectivity index (χ0v) is 23.7. The molecule has 2 heterocycles. The summed E-state index contributed by atoms with van der Waals surface area (Å²) in [6.45, 7) is 17.9. The molecular weight excluding hydrogens is 468 g/mol. The Labute approximate surface area is 217 Å². The number of hydrogen-bond donors (Lipinski definition) is 0. The van der Waals surface area contributed by atoms with Crippen LogP contribution < -0.4 is 10.4 Å². The van der Waals surface area contributed by atoms with Crippen LogP contribution >= 0.6 is 0 Å². The summed E-state index contributed by atoms with van der Waals surface area (Å²) in [5.41, 5.74) is -0.896. The van der Waals surface area contributed by atoms with Crippen molar-refractivity contribution in [2.45, 2.75) is 89.3 Å². The van der Waals surface area contributed by atoms with Crippen molar-refractivity contribution in [3.63, 3.8) is 0 Å². The van der Waals surface area contributed by atoms with Crippen LogP contribution in [0, 0.1) is 0 Å². The minimum atomic E-state index is -2.78. The Bertz CT molecular complexity index is 964. The first-order chi connectivity index (χ1) is 17.1. The Morgan fingerprint density at radius 3 is 2.03 bits per heavy atom. The molecule has 4 rings (SSSR count). The molecule has 4 atom stereocenters. The molecular formula is C30H42O5Si. The molecule has 0 spiro atoms. The number of fused-ring (bicyclic) bond motifs is 1. The molecule has 0 bridgehead atoms. The lowest BCUT2D eigenvalue weighted by molar-refractivity contribution is -0.238. The Balaban J connectivity index is 1.74. The summed E-state index contributed by atoms with van der Waals surface area (Å²) >= 11 is 0. The summed E-state index contributed by atoms with van der Waals surface area (Å²) in [5, 5.41) is 2.29. The van der Waals surface area contributed by atoms with Gasteiger partial charge < -0.3 is 23.4 Å². The predicted octanol–water partition coefficient (Wildman–Crippen LogP) is 5.18. The highest BCUT2D eigenvalue weighted by molar-refractivity contribution is 6.99. The molecule has 2 aromatic carbocycles. The van der Waals surface area contributed by atoms with Crippen molar-refractivity contribution in [2.75, 3.05) is 13.2 Å². The number of benzene rings is 2. The van der Waals surface area contributed by atoms with E-state index in [1.807, 2.05) is 19.9 Å². The van der Waals surface area contributed by atoms with Crippen molar-refractivity contribution in [1.29, 1.82) is 0 Å². The maximum atomic E-state index is 7.25. The number of unbranched alkanes of at least 4 members (excludes halogenated alkanes) is 1. The van der Waals surface area contributed by atoms with Gasteiger partial charge in [0.25, 0.3) is 8.32 Å². The highest BCUT2D eigenvalue weighted by Crippen LogP contribution is 2.46. The molecule has 2 aromatic rings. The fourth-order valence-corrected chi connectivity index (χ4v) is 10.1. The maximum absolute atomic E-state index is 7.25.